The number of nitrogens with one attached hydrogen (secondary N) is 1. The Kier molecular flexibility index (Phi) is 7.02. The Labute approximate surface area is 192 Å². The molecule has 0 saturated heterocycles. The van der Waals surface area contributed by atoms with Crippen LogP contribution in [0, 0.1) is 0 Å². The number of carbonyl (C=O) groups excluding carboxylic acids is 1. The second-order valence-electron chi connectivity index (χ2n) is 6.51. The maximum atomic E-state index is 13.3. The van der Waals surface area contributed by atoms with E-state index < -0.39 is 39.9 Å². The van der Waals surface area contributed by atoms with Gasteiger partial charge < -0.3 is 5.32 Å². The van der Waals surface area contributed by atoms with E-state index in [4.69, 9.17) is 23.2 Å². The zero-order valence-electron chi connectivity index (χ0n) is 16.1. The van der Waals surface area contributed by atoms with E-state index in [1.165, 1.54) is 54.6 Å². The Morgan fingerprint density at radius 1 is 0.938 bits per heavy atom. The molecule has 168 valence electrons. The predicted octanol–water partition coefficient (Wildman–Crippen LogP) is 5.85. The third kappa shape index (κ3) is 5.35. The number of nitrogens with zero attached hydrogens (tertiary/aromatic N) is 1. The first-order valence-electron chi connectivity index (χ1n) is 8.99. The van der Waals surface area contributed by atoms with E-state index in [9.17, 15) is 26.4 Å². The first-order chi connectivity index (χ1) is 15.0. The average molecular weight is 503 g/mol. The van der Waals surface area contributed by atoms with Gasteiger partial charge in [0.05, 0.1) is 26.9 Å². The molecule has 0 bridgehead atoms. The summed E-state index contributed by atoms with van der Waals surface area (Å²) in [4.78, 5) is 12.5. The monoisotopic (exact) mass is 502 g/mol. The van der Waals surface area contributed by atoms with Gasteiger partial charge in [0, 0.05) is 5.02 Å². The number of alkyl halides is 3. The lowest BCUT2D eigenvalue weighted by Crippen LogP contribution is -2.38. The summed E-state index contributed by atoms with van der Waals surface area (Å²) in [5.74, 6) is -1.00. The maximum Gasteiger partial charge on any atom is 0.418 e. The molecule has 0 heterocycles. The van der Waals surface area contributed by atoms with Gasteiger partial charge in [0.2, 0.25) is 5.91 Å². The van der Waals surface area contributed by atoms with Gasteiger partial charge in [-0.2, -0.15) is 13.2 Å². The van der Waals surface area contributed by atoms with Crippen LogP contribution in [0.4, 0.5) is 24.5 Å². The number of rotatable bonds is 6. The lowest BCUT2D eigenvalue weighted by molar-refractivity contribution is -0.137. The van der Waals surface area contributed by atoms with Crippen LogP contribution >= 0.6 is 23.2 Å². The topological polar surface area (TPSA) is 66.5 Å². The van der Waals surface area contributed by atoms with E-state index in [0.29, 0.717) is 4.31 Å². The van der Waals surface area contributed by atoms with Crippen molar-refractivity contribution in [1.29, 1.82) is 0 Å². The summed E-state index contributed by atoms with van der Waals surface area (Å²) in [5.41, 5.74) is -1.66. The summed E-state index contributed by atoms with van der Waals surface area (Å²) in [5, 5.41) is 2.27. The molecule has 0 unspecified atom stereocenters. The van der Waals surface area contributed by atoms with Crippen LogP contribution in [-0.2, 0) is 21.0 Å². The molecule has 0 radical (unpaired) electrons. The van der Waals surface area contributed by atoms with Gasteiger partial charge in [0.1, 0.15) is 6.54 Å². The molecular formula is C21H15Cl2F3N2O3S. The molecule has 0 spiro atoms. The molecule has 0 aromatic heterocycles. The van der Waals surface area contributed by atoms with Crippen molar-refractivity contribution in [3.63, 3.8) is 0 Å². The summed E-state index contributed by atoms with van der Waals surface area (Å²) in [6.45, 7) is -0.844. The van der Waals surface area contributed by atoms with Crippen LogP contribution < -0.4 is 9.62 Å². The van der Waals surface area contributed by atoms with Gasteiger partial charge >= 0.3 is 6.18 Å². The first-order valence-corrected chi connectivity index (χ1v) is 11.2. The summed E-state index contributed by atoms with van der Waals surface area (Å²) < 4.78 is 67.0. The van der Waals surface area contributed by atoms with Crippen molar-refractivity contribution in [2.24, 2.45) is 0 Å². The standard InChI is InChI=1S/C21H15Cl2F3N2O3S/c22-14-10-11-17(23)19(12-14)28(32(30,31)15-6-2-1-3-7-15)13-20(29)27-18-9-5-4-8-16(18)21(24,25)26/h1-12H,13H2,(H,27,29). The van der Waals surface area contributed by atoms with Crippen molar-refractivity contribution in [1.82, 2.24) is 0 Å². The van der Waals surface area contributed by atoms with Crippen molar-refractivity contribution in [3.05, 3.63) is 88.4 Å². The van der Waals surface area contributed by atoms with Gasteiger partial charge in [-0.3, -0.25) is 9.10 Å². The summed E-state index contributed by atoms with van der Waals surface area (Å²) >= 11 is 12.2. The molecule has 32 heavy (non-hydrogen) atoms. The Bertz CT molecular complexity index is 1240. The van der Waals surface area contributed by atoms with Crippen LogP contribution in [0.15, 0.2) is 77.7 Å². The van der Waals surface area contributed by atoms with Crippen LogP contribution in [0.5, 0.6) is 0 Å². The summed E-state index contributed by atoms with van der Waals surface area (Å²) in [7, 11) is -4.31. The highest BCUT2D eigenvalue weighted by Crippen LogP contribution is 2.35. The molecule has 5 nitrogen and oxygen atoms in total. The van der Waals surface area contributed by atoms with Crippen LogP contribution in [-0.4, -0.2) is 20.9 Å². The van der Waals surface area contributed by atoms with Gasteiger partial charge in [-0.15, -0.1) is 0 Å². The molecule has 3 rings (SSSR count). The molecule has 0 fully saturated rings. The quantitative estimate of drug-likeness (QED) is 0.459. The Morgan fingerprint density at radius 3 is 2.22 bits per heavy atom. The van der Waals surface area contributed by atoms with Gasteiger partial charge in [0.15, 0.2) is 0 Å². The Morgan fingerprint density at radius 2 is 1.56 bits per heavy atom. The van der Waals surface area contributed by atoms with Gasteiger partial charge in [-0.05, 0) is 42.5 Å². The molecule has 11 heteroatoms. The summed E-state index contributed by atoms with van der Waals surface area (Å²) in [6.07, 6.45) is -4.71. The second kappa shape index (κ2) is 9.40. The van der Waals surface area contributed by atoms with Crippen molar-refractivity contribution < 1.29 is 26.4 Å². The smallest absolute Gasteiger partial charge is 0.324 e. The van der Waals surface area contributed by atoms with E-state index in [1.807, 2.05) is 0 Å². The molecule has 3 aromatic carbocycles. The maximum absolute atomic E-state index is 13.3. The third-order valence-corrected chi connectivity index (χ3v) is 6.63. The number of benzene rings is 3. The lowest BCUT2D eigenvalue weighted by atomic mass is 10.1. The molecule has 0 aliphatic heterocycles. The molecule has 1 N–H and O–H groups in total. The average Bonchev–Trinajstić information content (AvgIpc) is 2.74. The van der Waals surface area contributed by atoms with Crippen molar-refractivity contribution >= 4 is 50.5 Å². The number of halogens is 5. The Hall–Kier alpha value is -2.75. The zero-order chi connectivity index (χ0) is 23.5. The van der Waals surface area contributed by atoms with Crippen molar-refractivity contribution in [2.75, 3.05) is 16.2 Å². The normalized spacial score (nSPS) is 11.8. The van der Waals surface area contributed by atoms with Crippen LogP contribution in [0.1, 0.15) is 5.56 Å². The summed E-state index contributed by atoms with van der Waals surface area (Å²) in [6, 6.07) is 15.6. The van der Waals surface area contributed by atoms with Crippen molar-refractivity contribution in [2.45, 2.75) is 11.1 Å². The van der Waals surface area contributed by atoms with E-state index in [-0.39, 0.29) is 20.6 Å². The second-order valence-corrected chi connectivity index (χ2v) is 9.22. The number of carbonyl (C=O) groups is 1. The number of sulfonamides is 1. The van der Waals surface area contributed by atoms with Crippen LogP contribution in [0.2, 0.25) is 10.0 Å². The fraction of sp³-hybridized carbons (Fsp3) is 0.0952. The van der Waals surface area contributed by atoms with Crippen LogP contribution in [0.25, 0.3) is 0 Å². The molecular weight excluding hydrogens is 488 g/mol. The minimum atomic E-state index is -4.71. The number of hydrogen-bond acceptors (Lipinski definition) is 3. The first kappa shape index (κ1) is 23.9. The molecule has 0 saturated carbocycles. The Balaban J connectivity index is 2.01. The molecule has 0 aliphatic carbocycles. The van der Waals surface area contributed by atoms with E-state index in [0.717, 1.165) is 12.1 Å². The third-order valence-electron chi connectivity index (χ3n) is 4.30. The minimum absolute atomic E-state index is 0.0163. The molecule has 0 atom stereocenters. The molecule has 0 aliphatic rings. The van der Waals surface area contributed by atoms with Crippen LogP contribution in [0.3, 0.4) is 0 Å². The highest BCUT2D eigenvalue weighted by Gasteiger charge is 2.34. The molecule has 3 aromatic rings. The largest absolute Gasteiger partial charge is 0.418 e. The number of amides is 1. The van der Waals surface area contributed by atoms with Gasteiger partial charge in [-0.25, -0.2) is 8.42 Å². The predicted molar refractivity (Wildman–Crippen MR) is 118 cm³/mol. The van der Waals surface area contributed by atoms with Gasteiger partial charge in [0.25, 0.3) is 10.0 Å². The number of hydrogen-bond donors (Lipinski definition) is 1. The van der Waals surface area contributed by atoms with E-state index in [2.05, 4.69) is 5.32 Å². The number of anilines is 2. The van der Waals surface area contributed by atoms with Crippen molar-refractivity contribution in [3.8, 4) is 0 Å². The fourth-order valence-corrected chi connectivity index (χ4v) is 4.74. The number of para-hydroxylation sites is 1. The zero-order valence-corrected chi connectivity index (χ0v) is 18.4. The van der Waals surface area contributed by atoms with Gasteiger partial charge in [-0.1, -0.05) is 53.5 Å². The highest BCUT2D eigenvalue weighted by molar-refractivity contribution is 7.92. The lowest BCUT2D eigenvalue weighted by Gasteiger charge is -2.25. The molecule has 1 amide bonds. The highest BCUT2D eigenvalue weighted by atomic mass is 35.5. The fourth-order valence-electron chi connectivity index (χ4n) is 2.86. The van der Waals surface area contributed by atoms with E-state index >= 15 is 0 Å². The SMILES string of the molecule is O=C(CN(c1cc(Cl)ccc1Cl)S(=O)(=O)c1ccccc1)Nc1ccccc1C(F)(F)F. The minimum Gasteiger partial charge on any atom is -0.324 e. The van der Waals surface area contributed by atoms with E-state index in [1.54, 1.807) is 6.07 Å².